The van der Waals surface area contributed by atoms with Crippen LogP contribution in [0.1, 0.15) is 62.2 Å². The van der Waals surface area contributed by atoms with Crippen LogP contribution in [0, 0.1) is 54.1 Å². The van der Waals surface area contributed by atoms with Crippen molar-refractivity contribution in [1.82, 2.24) is 29.7 Å². The van der Waals surface area contributed by atoms with Crippen molar-refractivity contribution in [3.05, 3.63) is 246 Å². The zero-order valence-corrected chi connectivity index (χ0v) is 49.0. The van der Waals surface area contributed by atoms with Crippen molar-refractivity contribution in [2.24, 2.45) is 17.6 Å². The fourth-order valence-electron chi connectivity index (χ4n) is 7.22. The Morgan fingerprint density at radius 1 is 0.704 bits per heavy atom. The smallest absolute Gasteiger partial charge is 0.245 e. The minimum atomic E-state index is -0.193. The number of para-hydroxylation sites is 3. The SMILES string of the molecule is CN.O=C(Cn1c(NCc2ccccc2)nc2ccccc21)Nc1cccnn1.[CH2-][NH2+]C(C)c1ccccc1.[CH2-][NH2+]CC(C)C.[CH2-][NH2+]CC1CCOCC1.[CH2-][NH2+]Cc1ccc(Cl)cn1.[CH2-][NH2+]Cc1ccccn1.[CH2-][NH2+]c1ccccc1. The maximum absolute atomic E-state index is 12.5. The first kappa shape index (κ1) is 70.1. The number of halogens is 1. The van der Waals surface area contributed by atoms with Crippen molar-refractivity contribution in [3.8, 4) is 0 Å². The number of carbonyl (C=O) groups is 1. The van der Waals surface area contributed by atoms with Gasteiger partial charge in [0.1, 0.15) is 12.2 Å². The van der Waals surface area contributed by atoms with E-state index < -0.39 is 0 Å². The van der Waals surface area contributed by atoms with Crippen molar-refractivity contribution in [2.75, 3.05) is 44.0 Å². The lowest BCUT2D eigenvalue weighted by atomic mass is 10.0. The average Bonchev–Trinajstić information content (AvgIpc) is 3.90. The van der Waals surface area contributed by atoms with E-state index in [9.17, 15) is 4.79 Å². The number of anilines is 2. The lowest BCUT2D eigenvalue weighted by Gasteiger charge is -2.20. The van der Waals surface area contributed by atoms with Gasteiger partial charge in [0.05, 0.1) is 59.7 Å². The Hall–Kier alpha value is -7.03. The Bertz CT molecular complexity index is 2700. The van der Waals surface area contributed by atoms with Crippen molar-refractivity contribution in [2.45, 2.75) is 65.8 Å². The third-order valence-corrected chi connectivity index (χ3v) is 11.7. The highest BCUT2D eigenvalue weighted by Gasteiger charge is 2.15. The maximum Gasteiger partial charge on any atom is 0.245 e. The zero-order chi connectivity index (χ0) is 59.1. The molecule has 4 aromatic heterocycles. The summed E-state index contributed by atoms with van der Waals surface area (Å²) in [6, 6.07) is 51.7. The number of nitrogens with one attached hydrogen (secondary N) is 2. The third-order valence-electron chi connectivity index (χ3n) is 11.5. The number of rotatable bonds is 17. The number of fused-ring (bicyclic) bond motifs is 1. The molecule has 9 rings (SSSR count). The molecular weight excluding hydrogens is 1030 g/mol. The molecule has 1 aliphatic rings. The molecule has 81 heavy (non-hydrogen) atoms. The summed E-state index contributed by atoms with van der Waals surface area (Å²) >= 11 is 5.62. The molecule has 5 heterocycles. The summed E-state index contributed by atoms with van der Waals surface area (Å²) in [4.78, 5) is 25.3. The fraction of sp³-hybridized carbons (Fsp3) is 0.270. The molecular formula is C63H92ClN15O2. The molecule has 1 atom stereocenters. The molecule has 1 fully saturated rings. The first-order valence-electron chi connectivity index (χ1n) is 27.3. The van der Waals surface area contributed by atoms with Gasteiger partial charge >= 0.3 is 0 Å². The van der Waals surface area contributed by atoms with Crippen LogP contribution in [0.15, 0.2) is 176 Å². The van der Waals surface area contributed by atoms with Crippen molar-refractivity contribution >= 4 is 46.0 Å². The van der Waals surface area contributed by atoms with Gasteiger partial charge in [0.2, 0.25) is 11.9 Å². The van der Waals surface area contributed by atoms with Gasteiger partial charge in [-0.1, -0.05) is 123 Å². The Balaban J connectivity index is 0.000000349. The Morgan fingerprint density at radius 2 is 1.32 bits per heavy atom. The van der Waals surface area contributed by atoms with Crippen LogP contribution in [0.4, 0.5) is 17.5 Å². The summed E-state index contributed by atoms with van der Waals surface area (Å²) in [6.45, 7) is 13.1. The van der Waals surface area contributed by atoms with Gasteiger partial charge < -0.3 is 57.6 Å². The second-order valence-corrected chi connectivity index (χ2v) is 18.8. The van der Waals surface area contributed by atoms with Gasteiger partial charge in [0.15, 0.2) is 5.82 Å². The van der Waals surface area contributed by atoms with E-state index in [1.165, 1.54) is 37.7 Å². The molecule has 17 nitrogen and oxygen atoms in total. The number of hydrogen-bond acceptors (Lipinski definition) is 9. The molecule has 16 N–H and O–H groups in total. The minimum Gasteiger partial charge on any atom is -0.479 e. The van der Waals surface area contributed by atoms with Gasteiger partial charge in [0, 0.05) is 55.7 Å². The molecule has 1 saturated heterocycles. The molecule has 1 aliphatic heterocycles. The highest BCUT2D eigenvalue weighted by atomic mass is 35.5. The van der Waals surface area contributed by atoms with Crippen LogP contribution < -0.4 is 48.3 Å². The molecule has 0 saturated carbocycles. The van der Waals surface area contributed by atoms with Crippen LogP contribution in [-0.4, -0.2) is 69.0 Å². The van der Waals surface area contributed by atoms with Gasteiger partial charge in [-0.2, -0.15) is 40.3 Å². The molecule has 8 aromatic rings. The summed E-state index contributed by atoms with van der Waals surface area (Å²) in [5.74, 6) is 2.51. The monoisotopic (exact) mass is 1130 g/mol. The minimum absolute atomic E-state index is 0.119. The number of ether oxygens (including phenoxy) is 1. The number of carbonyl (C=O) groups excluding carboxylic acids is 1. The van der Waals surface area contributed by atoms with Gasteiger partial charge in [-0.15, -0.1) is 12.1 Å². The number of amides is 1. The molecule has 1 unspecified atom stereocenters. The Morgan fingerprint density at radius 3 is 1.84 bits per heavy atom. The van der Waals surface area contributed by atoms with Gasteiger partial charge in [-0.25, -0.2) is 4.98 Å². The lowest BCUT2D eigenvalue weighted by molar-refractivity contribution is -0.637. The number of quaternary nitrogens is 6. The highest BCUT2D eigenvalue weighted by molar-refractivity contribution is 6.30. The van der Waals surface area contributed by atoms with E-state index in [2.05, 4.69) is 129 Å². The number of imidazole rings is 1. The van der Waals surface area contributed by atoms with E-state index in [0.717, 1.165) is 72.7 Å². The van der Waals surface area contributed by atoms with Crippen molar-refractivity contribution < 1.29 is 41.4 Å². The summed E-state index contributed by atoms with van der Waals surface area (Å²) in [5.41, 5.74) is 11.9. The second kappa shape index (κ2) is 45.7. The number of nitrogens with two attached hydrogens (primary N) is 7. The second-order valence-electron chi connectivity index (χ2n) is 18.3. The van der Waals surface area contributed by atoms with Crippen molar-refractivity contribution in [1.29, 1.82) is 0 Å². The highest BCUT2D eigenvalue weighted by Crippen LogP contribution is 2.21. The summed E-state index contributed by atoms with van der Waals surface area (Å²) in [7, 11) is 23.4. The van der Waals surface area contributed by atoms with Gasteiger partial charge in [-0.05, 0) is 93.0 Å². The lowest BCUT2D eigenvalue weighted by Crippen LogP contribution is -2.78. The predicted octanol–water partition coefficient (Wildman–Crippen LogP) is 4.72. The van der Waals surface area contributed by atoms with Crippen LogP contribution in [0.2, 0.25) is 5.02 Å². The molecule has 1 amide bonds. The molecule has 18 heteroatoms. The normalized spacial score (nSPS) is 11.6. The predicted molar refractivity (Wildman–Crippen MR) is 328 cm³/mol. The number of benzene rings is 4. The van der Waals surface area contributed by atoms with E-state index in [1.807, 2.05) is 158 Å². The molecule has 438 valence electrons. The fourth-order valence-corrected chi connectivity index (χ4v) is 7.33. The third kappa shape index (κ3) is 32.1. The van der Waals surface area contributed by atoms with E-state index in [-0.39, 0.29) is 12.5 Å². The summed E-state index contributed by atoms with van der Waals surface area (Å²) in [6.07, 6.45) is 7.45. The van der Waals surface area contributed by atoms with E-state index >= 15 is 0 Å². The first-order valence-corrected chi connectivity index (χ1v) is 27.7. The quantitative estimate of drug-likeness (QED) is 0.0452. The number of aromatic nitrogens is 6. The van der Waals surface area contributed by atoms with Crippen LogP contribution in [-0.2, 0) is 35.7 Å². The Kier molecular flexibility index (Phi) is 39.5. The molecule has 4 aromatic carbocycles. The zero-order valence-electron chi connectivity index (χ0n) is 48.2. The number of hydrogen-bond donors (Lipinski definition) is 9. The average molecular weight is 1130 g/mol. The topological polar surface area (TPSA) is 245 Å². The van der Waals surface area contributed by atoms with E-state index in [4.69, 9.17) is 16.3 Å². The van der Waals surface area contributed by atoms with Crippen LogP contribution in [0.25, 0.3) is 11.0 Å². The molecule has 0 bridgehead atoms. The molecule has 0 spiro atoms. The standard InChI is InChI=1S/C20H18N6O.C9H13N.C7H9ClN2.C7H10N2.C7H15NO.C7H9N.C5H13N.CH5N/c27-19(24-18-11-6-12-22-25-18)14-26-17-10-5-4-9-16(17)23-20(26)21-13-15-7-2-1-3-8-15;1-8(10-2)9-6-4-3-5-7-9;1-9-5-7-3-2-6(8)4-10-7;1-8-6-7-4-2-3-5-9-7;1-8-6-7-2-4-9-5-3-7;1-8-7-5-3-2-4-6-7;1-5(2)4-6-3;1-2/h1-12H,13-14H2,(H,21,23)(H,24,25,27);3-8H,2,10H2,1H3;2-4H,1,5,9H2;2-5H,1,6,8H2;7H,1-6,8H2;2-6H,1,8H2;5H,3-4,6H2,1-2H3;2H2,1H3. The van der Waals surface area contributed by atoms with Crippen LogP contribution in [0.5, 0.6) is 0 Å². The number of nitrogens with zero attached hydrogens (tertiary/aromatic N) is 6. The van der Waals surface area contributed by atoms with E-state index in [0.29, 0.717) is 29.4 Å². The largest absolute Gasteiger partial charge is 0.479 e. The Labute approximate surface area is 488 Å². The molecule has 0 radical (unpaired) electrons. The molecule has 0 aliphatic carbocycles. The summed E-state index contributed by atoms with van der Waals surface area (Å²) in [5, 5.41) is 25.8. The van der Waals surface area contributed by atoms with E-state index in [1.54, 1.807) is 30.7 Å². The van der Waals surface area contributed by atoms with Gasteiger partial charge in [0.25, 0.3) is 0 Å². The van der Waals surface area contributed by atoms with Crippen molar-refractivity contribution in [3.63, 3.8) is 0 Å². The van der Waals surface area contributed by atoms with Gasteiger partial charge in [-0.3, -0.25) is 14.8 Å². The summed E-state index contributed by atoms with van der Waals surface area (Å²) < 4.78 is 7.08. The maximum atomic E-state index is 12.5. The number of pyridine rings is 2. The van der Waals surface area contributed by atoms with Crippen LogP contribution in [0.3, 0.4) is 0 Å². The van der Waals surface area contributed by atoms with Crippen LogP contribution >= 0.6 is 11.6 Å². The first-order chi connectivity index (χ1) is 39.5.